The molecule has 0 aliphatic heterocycles. The van der Waals surface area contributed by atoms with E-state index in [9.17, 15) is 0 Å². The molecule has 0 aliphatic carbocycles. The Morgan fingerprint density at radius 3 is 1.26 bits per heavy atom. The van der Waals surface area contributed by atoms with Crippen LogP contribution < -0.4 is 20.7 Å². The van der Waals surface area contributed by atoms with Crippen LogP contribution in [0.25, 0.3) is 0 Å². The van der Waals surface area contributed by atoms with E-state index < -0.39 is 8.07 Å². The second-order valence-electron chi connectivity index (χ2n) is 6.45. The van der Waals surface area contributed by atoms with Gasteiger partial charge in [-0.25, -0.2) is 0 Å². The predicted octanol–water partition coefficient (Wildman–Crippen LogP) is 4.37. The quantitative estimate of drug-likeness (QED) is 0.349. The molecule has 0 heterocycles. The van der Waals surface area contributed by atoms with Gasteiger partial charge in [-0.15, -0.1) is 0 Å². The van der Waals surface area contributed by atoms with Gasteiger partial charge in [-0.05, 0) is 26.8 Å². The first kappa shape index (κ1) is 18.1. The van der Waals surface area contributed by atoms with Crippen LogP contribution in [0.4, 0.5) is 0 Å². The van der Waals surface area contributed by atoms with E-state index in [1.807, 2.05) is 12.1 Å². The van der Waals surface area contributed by atoms with Gasteiger partial charge < -0.3 is 0 Å². The maximum absolute atomic E-state index is 6.83. The van der Waals surface area contributed by atoms with E-state index in [4.69, 9.17) is 23.2 Å². The van der Waals surface area contributed by atoms with Crippen LogP contribution in [0.2, 0.25) is 10.0 Å². The summed E-state index contributed by atoms with van der Waals surface area (Å²) in [5.41, 5.74) is 0. The third-order valence-electron chi connectivity index (χ3n) is 4.98. The van der Waals surface area contributed by atoms with Gasteiger partial charge in [0, 0.05) is 0 Å². The van der Waals surface area contributed by atoms with E-state index in [1.54, 1.807) is 0 Å². The van der Waals surface area contributed by atoms with Crippen LogP contribution in [-0.4, -0.2) is 8.07 Å². The van der Waals surface area contributed by atoms with Crippen molar-refractivity contribution in [2.24, 2.45) is 0 Å². The Morgan fingerprint density at radius 1 is 0.444 bits per heavy atom. The lowest BCUT2D eigenvalue weighted by atomic mass is 10.3. The number of hydrogen-bond acceptors (Lipinski definition) is 0. The van der Waals surface area contributed by atoms with Crippen molar-refractivity contribution >= 4 is 52.0 Å². The summed E-state index contributed by atoms with van der Waals surface area (Å²) >= 11 is 13.3. The first-order valence-corrected chi connectivity index (χ1v) is 11.6. The minimum Gasteiger partial charge on any atom is -0.0828 e. The number of rotatable bonds is 4. The summed E-state index contributed by atoms with van der Waals surface area (Å²) in [6, 6.07) is 38.0. The molecule has 4 rings (SSSR count). The van der Waals surface area contributed by atoms with Crippen molar-refractivity contribution in [3.05, 3.63) is 119 Å². The molecule has 27 heavy (non-hydrogen) atoms. The highest BCUT2D eigenvalue weighted by atomic mass is 35.5. The first-order chi connectivity index (χ1) is 13.2. The Labute approximate surface area is 171 Å². The van der Waals surface area contributed by atoms with Crippen LogP contribution in [0.5, 0.6) is 0 Å². The molecule has 0 fully saturated rings. The summed E-state index contributed by atoms with van der Waals surface area (Å²) in [5, 5.41) is 6.20. The maximum atomic E-state index is 6.83. The highest BCUT2D eigenvalue weighted by molar-refractivity contribution is 7.20. The van der Waals surface area contributed by atoms with Gasteiger partial charge in [0.15, 0.2) is 8.07 Å². The van der Waals surface area contributed by atoms with Crippen LogP contribution in [-0.2, 0) is 0 Å². The third-order valence-corrected chi connectivity index (χ3v) is 10.8. The molecular formula is C24H18Cl2Si. The Morgan fingerprint density at radius 2 is 0.852 bits per heavy atom. The fourth-order valence-electron chi connectivity index (χ4n) is 3.82. The lowest BCUT2D eigenvalue weighted by Crippen LogP contribution is -2.75. The Balaban J connectivity index is 2.18. The molecule has 0 saturated carbocycles. The molecule has 0 aromatic heterocycles. The van der Waals surface area contributed by atoms with Crippen molar-refractivity contribution in [2.75, 3.05) is 0 Å². The van der Waals surface area contributed by atoms with Gasteiger partial charge in [-0.2, -0.15) is 0 Å². The normalized spacial score (nSPS) is 11.3. The molecule has 0 saturated heterocycles. The van der Waals surface area contributed by atoms with Gasteiger partial charge in [0.2, 0.25) is 0 Å². The Bertz CT molecular complexity index is 935. The van der Waals surface area contributed by atoms with E-state index in [2.05, 4.69) is 97.1 Å². The van der Waals surface area contributed by atoms with Crippen LogP contribution in [0.15, 0.2) is 109 Å². The second-order valence-corrected chi connectivity index (χ2v) is 11.0. The van der Waals surface area contributed by atoms with Crippen molar-refractivity contribution < 1.29 is 0 Å². The SMILES string of the molecule is Clc1cccc([Si](c2ccccc2)(c2ccccc2)c2ccccc2)c1Cl. The van der Waals surface area contributed by atoms with Crippen molar-refractivity contribution in [1.29, 1.82) is 0 Å². The van der Waals surface area contributed by atoms with Gasteiger partial charge in [0.1, 0.15) is 0 Å². The largest absolute Gasteiger partial charge is 0.181 e. The molecule has 0 nitrogen and oxygen atoms in total. The Hall–Kier alpha value is -2.32. The zero-order chi connectivity index (χ0) is 18.7. The summed E-state index contributed by atoms with van der Waals surface area (Å²) in [7, 11) is -2.59. The molecule has 0 radical (unpaired) electrons. The monoisotopic (exact) mass is 404 g/mol. The number of hydrogen-bond donors (Lipinski definition) is 0. The summed E-state index contributed by atoms with van der Waals surface area (Å²) < 4.78 is 0. The molecule has 0 aliphatic rings. The lowest BCUT2D eigenvalue weighted by molar-refractivity contribution is 1.66. The van der Waals surface area contributed by atoms with Crippen molar-refractivity contribution in [3.8, 4) is 0 Å². The number of benzene rings is 4. The van der Waals surface area contributed by atoms with Crippen LogP contribution >= 0.6 is 23.2 Å². The highest BCUT2D eigenvalue weighted by Gasteiger charge is 2.42. The summed E-state index contributed by atoms with van der Waals surface area (Å²) in [6.07, 6.45) is 0. The third kappa shape index (κ3) is 3.12. The van der Waals surface area contributed by atoms with Gasteiger partial charge in [0.25, 0.3) is 0 Å². The summed E-state index contributed by atoms with van der Waals surface area (Å²) in [6.45, 7) is 0. The molecule has 0 spiro atoms. The predicted molar refractivity (Wildman–Crippen MR) is 120 cm³/mol. The lowest BCUT2D eigenvalue weighted by Gasteiger charge is -2.35. The zero-order valence-electron chi connectivity index (χ0n) is 14.6. The summed E-state index contributed by atoms with van der Waals surface area (Å²) in [5.74, 6) is 0. The van der Waals surface area contributed by atoms with Crippen LogP contribution in [0.3, 0.4) is 0 Å². The fraction of sp³-hybridized carbons (Fsp3) is 0. The molecule has 4 aromatic rings. The molecule has 0 N–H and O–H groups in total. The highest BCUT2D eigenvalue weighted by Crippen LogP contribution is 2.22. The molecule has 3 heteroatoms. The van der Waals surface area contributed by atoms with Gasteiger partial charge >= 0.3 is 0 Å². The van der Waals surface area contributed by atoms with Crippen molar-refractivity contribution in [2.45, 2.75) is 0 Å². The number of halogens is 2. The Kier molecular flexibility index (Phi) is 5.17. The first-order valence-electron chi connectivity index (χ1n) is 8.85. The molecule has 0 unspecified atom stereocenters. The van der Waals surface area contributed by atoms with Crippen LogP contribution in [0, 0.1) is 0 Å². The van der Waals surface area contributed by atoms with E-state index in [0.717, 1.165) is 5.19 Å². The average Bonchev–Trinajstić information content (AvgIpc) is 2.74. The minimum absolute atomic E-state index is 0.592. The van der Waals surface area contributed by atoms with E-state index in [0.29, 0.717) is 10.0 Å². The molecule has 0 amide bonds. The fourth-order valence-corrected chi connectivity index (χ4v) is 9.45. The average molecular weight is 405 g/mol. The van der Waals surface area contributed by atoms with E-state index >= 15 is 0 Å². The topological polar surface area (TPSA) is 0 Å². The zero-order valence-corrected chi connectivity index (χ0v) is 17.2. The summed E-state index contributed by atoms with van der Waals surface area (Å²) in [4.78, 5) is 0. The minimum atomic E-state index is -2.59. The van der Waals surface area contributed by atoms with E-state index in [-0.39, 0.29) is 0 Å². The molecule has 0 bridgehead atoms. The molecule has 4 aromatic carbocycles. The van der Waals surface area contributed by atoms with Crippen molar-refractivity contribution in [1.82, 2.24) is 0 Å². The molecule has 0 atom stereocenters. The smallest absolute Gasteiger partial charge is 0.0828 e. The standard InChI is InChI=1S/C24H18Cl2Si/c25-22-17-10-18-23(24(22)26)27(19-11-4-1-5-12-19,20-13-6-2-7-14-20)21-15-8-3-9-16-21/h1-18H. The maximum Gasteiger partial charge on any atom is 0.181 e. The molecule has 132 valence electrons. The van der Waals surface area contributed by atoms with Crippen LogP contribution in [0.1, 0.15) is 0 Å². The van der Waals surface area contributed by atoms with Gasteiger partial charge in [-0.1, -0.05) is 126 Å². The second kappa shape index (κ2) is 7.73. The van der Waals surface area contributed by atoms with Gasteiger partial charge in [0.05, 0.1) is 10.0 Å². The van der Waals surface area contributed by atoms with Crippen molar-refractivity contribution in [3.63, 3.8) is 0 Å². The molecular weight excluding hydrogens is 387 g/mol. The van der Waals surface area contributed by atoms with Gasteiger partial charge in [-0.3, -0.25) is 0 Å². The van der Waals surface area contributed by atoms with E-state index in [1.165, 1.54) is 15.6 Å².